The molecular formula is C20H23N3O4S. The molecule has 0 aliphatic carbocycles. The summed E-state index contributed by atoms with van der Waals surface area (Å²) in [6.45, 7) is 3.72. The molecule has 0 fully saturated rings. The molecule has 2 aromatic rings. The zero-order valence-corrected chi connectivity index (χ0v) is 16.9. The Bertz CT molecular complexity index is 1020. The number of aryl methyl sites for hydroxylation is 1. The summed E-state index contributed by atoms with van der Waals surface area (Å²) in [6, 6.07) is 11.8. The van der Waals surface area contributed by atoms with Crippen LogP contribution in [0.1, 0.15) is 18.1 Å². The van der Waals surface area contributed by atoms with Crippen LogP contribution in [0.4, 0.5) is 11.4 Å². The molecule has 1 aliphatic rings. The topological polar surface area (TPSA) is 86.8 Å². The van der Waals surface area contributed by atoms with E-state index >= 15 is 0 Å². The lowest BCUT2D eigenvalue weighted by Gasteiger charge is -2.18. The molecule has 1 heterocycles. The molecule has 0 aromatic heterocycles. The number of carbonyl (C=O) groups is 2. The first-order valence-corrected chi connectivity index (χ1v) is 10.4. The number of rotatable bonds is 5. The molecule has 1 aliphatic heterocycles. The largest absolute Gasteiger partial charge is 0.325 e. The number of amides is 2. The van der Waals surface area contributed by atoms with E-state index in [-0.39, 0.29) is 17.3 Å². The molecule has 0 spiro atoms. The number of nitrogens with zero attached hydrogens (tertiary/aromatic N) is 2. The van der Waals surface area contributed by atoms with E-state index in [1.807, 2.05) is 13.0 Å². The number of sulfonamides is 1. The van der Waals surface area contributed by atoms with Gasteiger partial charge in [0.15, 0.2) is 0 Å². The summed E-state index contributed by atoms with van der Waals surface area (Å²) in [6.07, 6.45) is 0.723. The van der Waals surface area contributed by atoms with Crippen molar-refractivity contribution >= 4 is 33.2 Å². The lowest BCUT2D eigenvalue weighted by atomic mass is 10.1. The van der Waals surface area contributed by atoms with Crippen LogP contribution >= 0.6 is 0 Å². The molecular weight excluding hydrogens is 378 g/mol. The average molecular weight is 401 g/mol. The van der Waals surface area contributed by atoms with E-state index in [0.717, 1.165) is 27.5 Å². The Morgan fingerprint density at radius 3 is 2.46 bits per heavy atom. The first-order valence-electron chi connectivity index (χ1n) is 8.92. The summed E-state index contributed by atoms with van der Waals surface area (Å²) in [7, 11) is -2.36. The van der Waals surface area contributed by atoms with Crippen LogP contribution in [0.3, 0.4) is 0 Å². The van der Waals surface area contributed by atoms with E-state index in [2.05, 4.69) is 5.32 Å². The van der Waals surface area contributed by atoms with Gasteiger partial charge < -0.3 is 10.2 Å². The summed E-state index contributed by atoms with van der Waals surface area (Å²) >= 11 is 0. The Balaban J connectivity index is 1.67. The molecule has 0 atom stereocenters. The van der Waals surface area contributed by atoms with Gasteiger partial charge in [0.1, 0.15) is 0 Å². The molecule has 3 rings (SSSR count). The number of hydrogen-bond acceptors (Lipinski definition) is 4. The van der Waals surface area contributed by atoms with Crippen LogP contribution in [0.2, 0.25) is 0 Å². The second-order valence-corrected chi connectivity index (χ2v) is 8.93. The van der Waals surface area contributed by atoms with Crippen molar-refractivity contribution in [3.63, 3.8) is 0 Å². The number of nitrogens with one attached hydrogen (secondary N) is 1. The highest BCUT2D eigenvalue weighted by atomic mass is 32.2. The molecule has 0 radical (unpaired) electrons. The van der Waals surface area contributed by atoms with Crippen molar-refractivity contribution in [2.24, 2.45) is 0 Å². The molecule has 2 aromatic carbocycles. The number of likely N-dealkylation sites (N-methyl/N-ethyl adjacent to an activating group) is 1. The quantitative estimate of drug-likeness (QED) is 0.832. The third kappa shape index (κ3) is 4.07. The van der Waals surface area contributed by atoms with Gasteiger partial charge in [-0.05, 0) is 49.2 Å². The van der Waals surface area contributed by atoms with Crippen LogP contribution in [0, 0.1) is 6.92 Å². The van der Waals surface area contributed by atoms with Crippen molar-refractivity contribution in [3.8, 4) is 0 Å². The number of anilines is 2. The van der Waals surface area contributed by atoms with Gasteiger partial charge in [-0.25, -0.2) is 8.42 Å². The van der Waals surface area contributed by atoms with Crippen molar-refractivity contribution in [1.82, 2.24) is 4.31 Å². The van der Waals surface area contributed by atoms with E-state index in [1.165, 1.54) is 26.1 Å². The van der Waals surface area contributed by atoms with Gasteiger partial charge >= 0.3 is 0 Å². The smallest absolute Gasteiger partial charge is 0.243 e. The molecule has 0 unspecified atom stereocenters. The average Bonchev–Trinajstić information content (AvgIpc) is 3.05. The second kappa shape index (κ2) is 7.73. The molecule has 7 nitrogen and oxygen atoms in total. The fourth-order valence-electron chi connectivity index (χ4n) is 3.18. The number of fused-ring (bicyclic) bond motifs is 1. The Morgan fingerprint density at radius 1 is 1.14 bits per heavy atom. The van der Waals surface area contributed by atoms with E-state index in [0.29, 0.717) is 12.2 Å². The summed E-state index contributed by atoms with van der Waals surface area (Å²) in [4.78, 5) is 25.8. The van der Waals surface area contributed by atoms with Crippen LogP contribution in [0.25, 0.3) is 0 Å². The Hall–Kier alpha value is -2.71. The zero-order valence-electron chi connectivity index (χ0n) is 16.1. The lowest BCUT2D eigenvalue weighted by Crippen LogP contribution is -2.35. The van der Waals surface area contributed by atoms with Gasteiger partial charge in [0.2, 0.25) is 21.8 Å². The van der Waals surface area contributed by atoms with Gasteiger partial charge in [-0.2, -0.15) is 4.31 Å². The first kappa shape index (κ1) is 20.0. The minimum absolute atomic E-state index is 0.0153. The molecule has 2 amide bonds. The number of benzene rings is 2. The molecule has 28 heavy (non-hydrogen) atoms. The third-order valence-corrected chi connectivity index (χ3v) is 6.55. The van der Waals surface area contributed by atoms with Gasteiger partial charge in [-0.3, -0.25) is 9.59 Å². The van der Waals surface area contributed by atoms with Gasteiger partial charge in [0.05, 0.1) is 11.4 Å². The van der Waals surface area contributed by atoms with Crippen LogP contribution in [-0.4, -0.2) is 44.7 Å². The van der Waals surface area contributed by atoms with Crippen molar-refractivity contribution in [2.75, 3.05) is 30.4 Å². The van der Waals surface area contributed by atoms with Gasteiger partial charge in [0, 0.05) is 31.9 Å². The minimum atomic E-state index is -3.74. The highest BCUT2D eigenvalue weighted by molar-refractivity contribution is 7.89. The third-order valence-electron chi connectivity index (χ3n) is 4.73. The van der Waals surface area contributed by atoms with Gasteiger partial charge in [-0.1, -0.05) is 17.7 Å². The fraction of sp³-hybridized carbons (Fsp3) is 0.300. The molecule has 0 bridgehead atoms. The number of hydrogen-bond donors (Lipinski definition) is 1. The molecule has 0 saturated heterocycles. The van der Waals surface area contributed by atoms with Crippen molar-refractivity contribution in [1.29, 1.82) is 0 Å². The molecule has 148 valence electrons. The van der Waals surface area contributed by atoms with Crippen LogP contribution < -0.4 is 10.2 Å². The normalized spacial score (nSPS) is 13.5. The Kier molecular flexibility index (Phi) is 5.53. The minimum Gasteiger partial charge on any atom is -0.325 e. The standard InChI is InChI=1S/C20H23N3O4S/c1-14-4-7-18(8-5-14)28(26,27)22(3)13-20(25)21-17-6-9-19-16(12-17)10-11-23(19)15(2)24/h4-9,12H,10-11,13H2,1-3H3,(H,21,25). The van der Waals surface area contributed by atoms with Crippen LogP contribution in [0.5, 0.6) is 0 Å². The predicted molar refractivity (Wildman–Crippen MR) is 108 cm³/mol. The highest BCUT2D eigenvalue weighted by Gasteiger charge is 2.24. The van der Waals surface area contributed by atoms with E-state index in [1.54, 1.807) is 29.2 Å². The van der Waals surface area contributed by atoms with Crippen molar-refractivity contribution in [2.45, 2.75) is 25.2 Å². The summed E-state index contributed by atoms with van der Waals surface area (Å²) < 4.78 is 26.2. The van der Waals surface area contributed by atoms with Crippen molar-refractivity contribution < 1.29 is 18.0 Å². The summed E-state index contributed by atoms with van der Waals surface area (Å²) in [5.74, 6) is -0.446. The van der Waals surface area contributed by atoms with E-state index in [9.17, 15) is 18.0 Å². The highest BCUT2D eigenvalue weighted by Crippen LogP contribution is 2.30. The maximum atomic E-state index is 12.6. The Morgan fingerprint density at radius 2 is 1.82 bits per heavy atom. The summed E-state index contributed by atoms with van der Waals surface area (Å²) in [5, 5.41) is 2.73. The number of carbonyl (C=O) groups excluding carboxylic acids is 2. The zero-order chi connectivity index (χ0) is 20.5. The lowest BCUT2D eigenvalue weighted by molar-refractivity contribution is -0.117. The van der Waals surface area contributed by atoms with Gasteiger partial charge in [-0.15, -0.1) is 0 Å². The maximum Gasteiger partial charge on any atom is 0.243 e. The SMILES string of the molecule is CC(=O)N1CCc2cc(NC(=O)CN(C)S(=O)(=O)c3ccc(C)cc3)ccc21. The summed E-state index contributed by atoms with van der Waals surface area (Å²) in [5.41, 5.74) is 3.37. The van der Waals surface area contributed by atoms with Gasteiger partial charge in [0.25, 0.3) is 0 Å². The molecule has 1 N–H and O–H groups in total. The Labute approximate surface area is 165 Å². The fourth-order valence-corrected chi connectivity index (χ4v) is 4.31. The predicted octanol–water partition coefficient (Wildman–Crippen LogP) is 2.16. The van der Waals surface area contributed by atoms with Crippen LogP contribution in [-0.2, 0) is 26.0 Å². The van der Waals surface area contributed by atoms with Crippen molar-refractivity contribution in [3.05, 3.63) is 53.6 Å². The van der Waals surface area contributed by atoms with E-state index in [4.69, 9.17) is 0 Å². The van der Waals surface area contributed by atoms with Crippen LogP contribution in [0.15, 0.2) is 47.4 Å². The maximum absolute atomic E-state index is 12.6. The van der Waals surface area contributed by atoms with E-state index < -0.39 is 15.9 Å². The molecule has 8 heteroatoms. The second-order valence-electron chi connectivity index (χ2n) is 6.89. The molecule has 0 saturated carbocycles. The monoisotopic (exact) mass is 401 g/mol. The first-order chi connectivity index (χ1) is 13.2.